The van der Waals surface area contributed by atoms with E-state index < -0.39 is 30.1 Å². The summed E-state index contributed by atoms with van der Waals surface area (Å²) >= 11 is 1.77. The Kier molecular flexibility index (Phi) is 8.37. The highest BCUT2D eigenvalue weighted by atomic mass is 32.2. The summed E-state index contributed by atoms with van der Waals surface area (Å²) in [6.07, 6.45) is 1.99. The zero-order valence-electron chi connectivity index (χ0n) is 18.2. The first-order chi connectivity index (χ1) is 14.9. The number of carbonyl (C=O) groups is 3. The van der Waals surface area contributed by atoms with E-state index in [0.29, 0.717) is 25.3 Å². The number of esters is 1. The van der Waals surface area contributed by atoms with E-state index in [1.807, 2.05) is 30.3 Å². The Morgan fingerprint density at radius 2 is 2.00 bits per heavy atom. The molecule has 2 heterocycles. The number of rotatable bonds is 9. The summed E-state index contributed by atoms with van der Waals surface area (Å²) in [5.74, 6) is 0.493. The lowest BCUT2D eigenvalue weighted by Gasteiger charge is -2.41. The van der Waals surface area contributed by atoms with Crippen molar-refractivity contribution in [3.05, 3.63) is 35.9 Å². The lowest BCUT2D eigenvalue weighted by Crippen LogP contribution is -2.60. The van der Waals surface area contributed by atoms with Gasteiger partial charge in [0.05, 0.1) is 12.6 Å². The number of fused-ring (bicyclic) bond motifs is 1. The number of nitrogens with zero attached hydrogens (tertiary/aromatic N) is 1. The normalized spacial score (nSPS) is 24.8. The monoisotopic (exact) mass is 448 g/mol. The molecular formula is C23H32N2O5S. The second kappa shape index (κ2) is 11.0. The Balaban J connectivity index is 1.67. The zero-order chi connectivity index (χ0) is 22.4. The fourth-order valence-corrected chi connectivity index (χ4v) is 6.17. The topological polar surface area (TPSA) is 95.9 Å². The van der Waals surface area contributed by atoms with Gasteiger partial charge in [0.15, 0.2) is 0 Å². The van der Waals surface area contributed by atoms with Crippen LogP contribution in [0.15, 0.2) is 30.3 Å². The molecule has 3 unspecified atom stereocenters. The fourth-order valence-electron chi connectivity index (χ4n) is 4.59. The quantitative estimate of drug-likeness (QED) is 0.559. The van der Waals surface area contributed by atoms with E-state index in [0.717, 1.165) is 23.5 Å². The zero-order valence-corrected chi connectivity index (χ0v) is 19.0. The van der Waals surface area contributed by atoms with Crippen LogP contribution in [-0.4, -0.2) is 70.6 Å². The number of hydrogen-bond acceptors (Lipinski definition) is 6. The van der Waals surface area contributed by atoms with Gasteiger partial charge in [-0.25, -0.2) is 4.79 Å². The number of nitrogens with one attached hydrogen (secondary N) is 1. The van der Waals surface area contributed by atoms with Crippen LogP contribution in [0.2, 0.25) is 0 Å². The van der Waals surface area contributed by atoms with Gasteiger partial charge in [0.25, 0.3) is 0 Å². The Morgan fingerprint density at radius 1 is 1.26 bits per heavy atom. The highest BCUT2D eigenvalue weighted by molar-refractivity contribution is 7.99. The summed E-state index contributed by atoms with van der Waals surface area (Å²) in [7, 11) is 0. The van der Waals surface area contributed by atoms with Crippen LogP contribution in [0.5, 0.6) is 0 Å². The molecule has 3 rings (SSSR count). The van der Waals surface area contributed by atoms with Gasteiger partial charge in [0, 0.05) is 12.5 Å². The van der Waals surface area contributed by atoms with Gasteiger partial charge in [-0.1, -0.05) is 30.3 Å². The number of thioether (sulfide) groups is 1. The van der Waals surface area contributed by atoms with E-state index in [2.05, 4.69) is 5.32 Å². The summed E-state index contributed by atoms with van der Waals surface area (Å²) in [4.78, 5) is 39.3. The number of amides is 1. The van der Waals surface area contributed by atoms with Crippen molar-refractivity contribution in [2.24, 2.45) is 11.8 Å². The second-order valence-electron chi connectivity index (χ2n) is 8.28. The van der Waals surface area contributed by atoms with Crippen molar-refractivity contribution in [1.29, 1.82) is 0 Å². The van der Waals surface area contributed by atoms with Gasteiger partial charge >= 0.3 is 11.9 Å². The predicted octanol–water partition coefficient (Wildman–Crippen LogP) is 2.19. The van der Waals surface area contributed by atoms with Crippen LogP contribution >= 0.6 is 11.8 Å². The second-order valence-corrected chi connectivity index (χ2v) is 9.36. The van der Waals surface area contributed by atoms with Gasteiger partial charge in [-0.15, -0.1) is 0 Å². The maximum absolute atomic E-state index is 13.2. The molecule has 2 N–H and O–H groups in total. The number of carboxylic acids is 1. The summed E-state index contributed by atoms with van der Waals surface area (Å²) in [6, 6.07) is 7.72. The van der Waals surface area contributed by atoms with Gasteiger partial charge in [0.1, 0.15) is 12.1 Å². The molecule has 2 aliphatic rings. The molecule has 2 saturated heterocycles. The molecule has 2 aliphatic heterocycles. The Hall–Kier alpha value is -2.06. The van der Waals surface area contributed by atoms with Crippen molar-refractivity contribution < 1.29 is 24.2 Å². The molecule has 0 bridgehead atoms. The molecule has 1 aromatic rings. The number of hydrogen-bond donors (Lipinski definition) is 2. The number of carbonyl (C=O) groups excluding carboxylic acids is 2. The van der Waals surface area contributed by atoms with Crippen molar-refractivity contribution in [2.75, 3.05) is 24.7 Å². The van der Waals surface area contributed by atoms with Crippen LogP contribution in [0.3, 0.4) is 0 Å². The van der Waals surface area contributed by atoms with E-state index in [4.69, 9.17) is 4.74 Å². The van der Waals surface area contributed by atoms with E-state index in [1.54, 1.807) is 25.6 Å². The first-order valence-electron chi connectivity index (χ1n) is 11.0. The third kappa shape index (κ3) is 5.80. The molecule has 1 aromatic carbocycles. The van der Waals surface area contributed by atoms with Gasteiger partial charge in [-0.05, 0) is 56.1 Å². The minimum Gasteiger partial charge on any atom is -0.480 e. The van der Waals surface area contributed by atoms with Crippen molar-refractivity contribution in [3.63, 3.8) is 0 Å². The summed E-state index contributed by atoms with van der Waals surface area (Å²) in [5.41, 5.74) is 1.10. The highest BCUT2D eigenvalue weighted by Crippen LogP contribution is 2.40. The maximum Gasteiger partial charge on any atom is 0.326 e. The summed E-state index contributed by atoms with van der Waals surface area (Å²) in [5, 5.41) is 13.0. The van der Waals surface area contributed by atoms with E-state index in [9.17, 15) is 19.5 Å². The van der Waals surface area contributed by atoms with E-state index >= 15 is 0 Å². The molecular weight excluding hydrogens is 416 g/mol. The largest absolute Gasteiger partial charge is 0.480 e. The minimum absolute atomic E-state index is 0.00802. The van der Waals surface area contributed by atoms with Crippen molar-refractivity contribution in [1.82, 2.24) is 10.2 Å². The van der Waals surface area contributed by atoms with Crippen molar-refractivity contribution in [2.45, 2.75) is 51.2 Å². The first-order valence-corrected chi connectivity index (χ1v) is 12.2. The smallest absolute Gasteiger partial charge is 0.326 e. The van der Waals surface area contributed by atoms with Crippen molar-refractivity contribution >= 4 is 29.6 Å². The molecule has 0 spiro atoms. The van der Waals surface area contributed by atoms with Gasteiger partial charge in [0.2, 0.25) is 5.91 Å². The molecule has 7 nitrogen and oxygen atoms in total. The molecule has 31 heavy (non-hydrogen) atoms. The maximum atomic E-state index is 13.2. The third-order valence-electron chi connectivity index (χ3n) is 6.22. The fraction of sp³-hybridized carbons (Fsp3) is 0.609. The number of piperidine rings is 1. The minimum atomic E-state index is -0.941. The molecule has 8 heteroatoms. The SMILES string of the molecule is CCOC(=O)[C@H](CCc1ccccc1)NC(C)C(=O)N1CCC2CSCC2[C@H]1C(=O)O. The molecule has 0 radical (unpaired) electrons. The van der Waals surface area contributed by atoms with E-state index in [-0.39, 0.29) is 18.4 Å². The third-order valence-corrected chi connectivity index (χ3v) is 7.51. The van der Waals surface area contributed by atoms with Crippen LogP contribution < -0.4 is 5.32 Å². The lowest BCUT2D eigenvalue weighted by molar-refractivity contribution is -0.157. The number of benzene rings is 1. The molecule has 5 atom stereocenters. The van der Waals surface area contributed by atoms with Crippen LogP contribution in [0.4, 0.5) is 0 Å². The summed E-state index contributed by atoms with van der Waals surface area (Å²) in [6.45, 7) is 4.16. The van der Waals surface area contributed by atoms with Gasteiger partial charge in [-0.2, -0.15) is 11.8 Å². The molecule has 170 valence electrons. The Labute approximate surface area is 187 Å². The molecule has 0 aliphatic carbocycles. The van der Waals surface area contributed by atoms with Crippen LogP contribution in [0, 0.1) is 11.8 Å². The van der Waals surface area contributed by atoms with Crippen LogP contribution in [0.1, 0.15) is 32.3 Å². The molecule has 1 amide bonds. The number of ether oxygens (including phenoxy) is 1. The van der Waals surface area contributed by atoms with Gasteiger partial charge in [-0.3, -0.25) is 14.9 Å². The number of aliphatic carboxylic acids is 1. The highest BCUT2D eigenvalue weighted by Gasteiger charge is 2.47. The molecule has 0 aromatic heterocycles. The standard InChI is InChI=1S/C23H32N2O5S/c1-3-30-23(29)19(10-9-16-7-5-4-6-8-16)24-15(2)21(26)25-12-11-17-13-31-14-18(17)20(25)22(27)28/h4-8,15,17-20,24H,3,9-14H2,1-2H3,(H,27,28)/t15?,17?,18?,19-,20-/m0/s1. The summed E-state index contributed by atoms with van der Waals surface area (Å²) < 4.78 is 5.21. The average molecular weight is 449 g/mol. The van der Waals surface area contributed by atoms with Crippen LogP contribution in [0.25, 0.3) is 0 Å². The average Bonchev–Trinajstić information content (AvgIpc) is 3.24. The molecule has 2 fully saturated rings. The lowest BCUT2D eigenvalue weighted by atomic mass is 9.81. The van der Waals surface area contributed by atoms with E-state index in [1.165, 1.54) is 4.90 Å². The van der Waals surface area contributed by atoms with Crippen LogP contribution in [-0.2, 0) is 25.5 Å². The first kappa shape index (κ1) is 23.6. The Bertz CT molecular complexity index is 774. The van der Waals surface area contributed by atoms with Crippen molar-refractivity contribution in [3.8, 4) is 0 Å². The molecule has 0 saturated carbocycles. The predicted molar refractivity (Wildman–Crippen MR) is 120 cm³/mol. The number of aryl methyl sites for hydroxylation is 1. The number of likely N-dealkylation sites (tertiary alicyclic amines) is 1. The Morgan fingerprint density at radius 3 is 2.68 bits per heavy atom. The van der Waals surface area contributed by atoms with Gasteiger partial charge < -0.3 is 14.7 Å². The number of carboxylic acid groups (broad SMARTS) is 1.